The Morgan fingerprint density at radius 2 is 1.55 bits per heavy atom. The summed E-state index contributed by atoms with van der Waals surface area (Å²) in [5, 5.41) is 0. The van der Waals surface area contributed by atoms with Crippen LogP contribution in [0.2, 0.25) is 0 Å². The van der Waals surface area contributed by atoms with Gasteiger partial charge in [0.05, 0.1) is 0 Å². The third-order valence-electron chi connectivity index (χ3n) is 3.63. The molecule has 0 heterocycles. The van der Waals surface area contributed by atoms with Crippen molar-refractivity contribution in [2.45, 2.75) is 46.0 Å². The first-order valence-electron chi connectivity index (χ1n) is 5.33. The molecule has 0 nitrogen and oxygen atoms in total. The van der Waals surface area contributed by atoms with Gasteiger partial charge in [-0.2, -0.15) is 0 Å². The third kappa shape index (κ3) is 1.60. The minimum atomic E-state index is 1.01. The topological polar surface area (TPSA) is 0 Å². The summed E-state index contributed by atoms with van der Waals surface area (Å²) in [5.41, 5.74) is 0. The van der Waals surface area contributed by atoms with Crippen LogP contribution in [0, 0.1) is 23.7 Å². The summed E-state index contributed by atoms with van der Waals surface area (Å²) in [5.74, 6) is 4.44. The van der Waals surface area contributed by atoms with Crippen LogP contribution in [0.3, 0.4) is 0 Å². The summed E-state index contributed by atoms with van der Waals surface area (Å²) in [6, 6.07) is 0. The Morgan fingerprint density at radius 3 is 1.82 bits per heavy atom. The smallest absolute Gasteiger partial charge is 0.0332 e. The molecular formula is C11H20. The molecule has 0 aliphatic heterocycles. The maximum Gasteiger partial charge on any atom is -0.0332 e. The lowest BCUT2D eigenvalue weighted by Crippen LogP contribution is -2.15. The molecule has 0 amide bonds. The van der Waals surface area contributed by atoms with Crippen molar-refractivity contribution in [2.24, 2.45) is 23.7 Å². The zero-order chi connectivity index (χ0) is 7.84. The van der Waals surface area contributed by atoms with Crippen molar-refractivity contribution in [1.29, 1.82) is 0 Å². The van der Waals surface area contributed by atoms with Gasteiger partial charge in [-0.05, 0) is 49.4 Å². The first-order valence-corrected chi connectivity index (χ1v) is 5.33. The Morgan fingerprint density at radius 1 is 1.09 bits per heavy atom. The van der Waals surface area contributed by atoms with Gasteiger partial charge in [0.25, 0.3) is 0 Å². The molecule has 2 rings (SSSR count). The molecule has 0 spiro atoms. The first-order chi connectivity index (χ1) is 5.33. The number of rotatable bonds is 4. The van der Waals surface area contributed by atoms with E-state index in [0.29, 0.717) is 0 Å². The predicted octanol–water partition coefficient (Wildman–Crippen LogP) is 3.47. The van der Waals surface area contributed by atoms with Crippen molar-refractivity contribution < 1.29 is 0 Å². The van der Waals surface area contributed by atoms with E-state index in [0.717, 1.165) is 23.7 Å². The van der Waals surface area contributed by atoms with Crippen molar-refractivity contribution in [1.82, 2.24) is 0 Å². The van der Waals surface area contributed by atoms with Gasteiger partial charge in [0, 0.05) is 0 Å². The van der Waals surface area contributed by atoms with Crippen LogP contribution in [0.4, 0.5) is 0 Å². The second kappa shape index (κ2) is 2.80. The molecule has 0 aromatic carbocycles. The molecule has 1 atom stereocenters. The van der Waals surface area contributed by atoms with Gasteiger partial charge in [-0.3, -0.25) is 0 Å². The van der Waals surface area contributed by atoms with Crippen molar-refractivity contribution in [3.05, 3.63) is 0 Å². The van der Waals surface area contributed by atoms with Gasteiger partial charge >= 0.3 is 0 Å². The monoisotopic (exact) mass is 152 g/mol. The summed E-state index contributed by atoms with van der Waals surface area (Å²) in [4.78, 5) is 0. The zero-order valence-electron chi connectivity index (χ0n) is 7.84. The van der Waals surface area contributed by atoms with Crippen LogP contribution >= 0.6 is 0 Å². The van der Waals surface area contributed by atoms with Gasteiger partial charge in [-0.1, -0.05) is 20.3 Å². The Kier molecular flexibility index (Phi) is 1.95. The van der Waals surface area contributed by atoms with Crippen molar-refractivity contribution in [3.63, 3.8) is 0 Å². The molecule has 0 heteroatoms. The van der Waals surface area contributed by atoms with Gasteiger partial charge in [-0.25, -0.2) is 0 Å². The minimum Gasteiger partial charge on any atom is -0.0651 e. The predicted molar refractivity (Wildman–Crippen MR) is 48.4 cm³/mol. The van der Waals surface area contributed by atoms with Crippen LogP contribution in [0.1, 0.15) is 46.0 Å². The molecule has 11 heavy (non-hydrogen) atoms. The van der Waals surface area contributed by atoms with Crippen LogP contribution in [-0.2, 0) is 0 Å². The lowest BCUT2D eigenvalue weighted by atomic mass is 9.84. The van der Waals surface area contributed by atoms with Crippen LogP contribution in [0.15, 0.2) is 0 Å². The average Bonchev–Trinajstić information content (AvgIpc) is 2.81. The van der Waals surface area contributed by atoms with E-state index in [4.69, 9.17) is 0 Å². The lowest BCUT2D eigenvalue weighted by Gasteiger charge is -2.22. The van der Waals surface area contributed by atoms with E-state index < -0.39 is 0 Å². The standard InChI is InChI=1S/C11H20/c1-3-8(2)11(9-4-5-9)10-6-7-10/h8-11H,3-7H2,1-2H3. The zero-order valence-corrected chi connectivity index (χ0v) is 7.84. The van der Waals surface area contributed by atoms with Crippen molar-refractivity contribution >= 4 is 0 Å². The summed E-state index contributed by atoms with van der Waals surface area (Å²) in [6.07, 6.45) is 7.59. The highest BCUT2D eigenvalue weighted by atomic mass is 14.5. The van der Waals surface area contributed by atoms with E-state index in [2.05, 4.69) is 13.8 Å². The maximum atomic E-state index is 2.46. The van der Waals surface area contributed by atoms with Gasteiger partial charge in [0.15, 0.2) is 0 Å². The van der Waals surface area contributed by atoms with E-state index >= 15 is 0 Å². The molecule has 0 aromatic rings. The van der Waals surface area contributed by atoms with E-state index in [1.807, 2.05) is 0 Å². The SMILES string of the molecule is CCC(C)C(C1CC1)C1CC1. The van der Waals surface area contributed by atoms with E-state index in [9.17, 15) is 0 Å². The highest BCUT2D eigenvalue weighted by Crippen LogP contribution is 2.52. The van der Waals surface area contributed by atoms with Gasteiger partial charge in [0.2, 0.25) is 0 Å². The molecule has 2 saturated carbocycles. The number of hydrogen-bond acceptors (Lipinski definition) is 0. The third-order valence-corrected chi connectivity index (χ3v) is 3.63. The summed E-state index contributed by atoms with van der Waals surface area (Å²) in [7, 11) is 0. The van der Waals surface area contributed by atoms with Crippen LogP contribution in [-0.4, -0.2) is 0 Å². The van der Waals surface area contributed by atoms with Crippen LogP contribution < -0.4 is 0 Å². The average molecular weight is 152 g/mol. The fourth-order valence-electron chi connectivity index (χ4n) is 2.55. The maximum absolute atomic E-state index is 2.46. The Balaban J connectivity index is 1.90. The molecule has 2 fully saturated rings. The first kappa shape index (κ1) is 7.64. The summed E-state index contributed by atoms with van der Waals surface area (Å²) in [6.45, 7) is 4.81. The van der Waals surface area contributed by atoms with Crippen molar-refractivity contribution in [2.75, 3.05) is 0 Å². The normalized spacial score (nSPS) is 27.5. The minimum absolute atomic E-state index is 1.01. The molecule has 0 bridgehead atoms. The molecule has 0 radical (unpaired) electrons. The molecule has 0 aromatic heterocycles. The summed E-state index contributed by atoms with van der Waals surface area (Å²) >= 11 is 0. The van der Waals surface area contributed by atoms with E-state index in [-0.39, 0.29) is 0 Å². The Bertz CT molecular complexity index is 119. The highest BCUT2D eigenvalue weighted by molar-refractivity contribution is 4.93. The molecular weight excluding hydrogens is 132 g/mol. The Hall–Kier alpha value is 0. The molecule has 64 valence electrons. The van der Waals surface area contributed by atoms with Gasteiger partial charge in [0.1, 0.15) is 0 Å². The number of hydrogen-bond donors (Lipinski definition) is 0. The Labute approximate surface area is 70.4 Å². The van der Waals surface area contributed by atoms with Gasteiger partial charge in [-0.15, -0.1) is 0 Å². The fourth-order valence-corrected chi connectivity index (χ4v) is 2.55. The van der Waals surface area contributed by atoms with E-state index in [1.54, 1.807) is 25.7 Å². The molecule has 1 unspecified atom stereocenters. The quantitative estimate of drug-likeness (QED) is 0.578. The largest absolute Gasteiger partial charge is 0.0651 e. The van der Waals surface area contributed by atoms with Crippen LogP contribution in [0.25, 0.3) is 0 Å². The molecule has 0 N–H and O–H groups in total. The lowest BCUT2D eigenvalue weighted by molar-refractivity contribution is 0.272. The highest BCUT2D eigenvalue weighted by Gasteiger charge is 2.43. The fraction of sp³-hybridized carbons (Fsp3) is 1.00. The van der Waals surface area contributed by atoms with Crippen LogP contribution in [0.5, 0.6) is 0 Å². The second-order valence-electron chi connectivity index (χ2n) is 4.64. The van der Waals surface area contributed by atoms with E-state index in [1.165, 1.54) is 6.42 Å². The van der Waals surface area contributed by atoms with Crippen molar-refractivity contribution in [3.8, 4) is 0 Å². The molecule has 0 saturated heterocycles. The summed E-state index contributed by atoms with van der Waals surface area (Å²) < 4.78 is 0. The van der Waals surface area contributed by atoms with Gasteiger partial charge < -0.3 is 0 Å². The second-order valence-corrected chi connectivity index (χ2v) is 4.64. The molecule has 2 aliphatic rings. The molecule has 2 aliphatic carbocycles.